The zero-order chi connectivity index (χ0) is 26.0. The van der Waals surface area contributed by atoms with Crippen LogP contribution in [0.4, 0.5) is 0 Å². The van der Waals surface area contributed by atoms with Crippen LogP contribution in [0.5, 0.6) is 0 Å². The summed E-state index contributed by atoms with van der Waals surface area (Å²) in [6.07, 6.45) is 1.74. The van der Waals surface area contributed by atoms with E-state index in [0.717, 1.165) is 16.7 Å². The van der Waals surface area contributed by atoms with Gasteiger partial charge in [-0.2, -0.15) is 0 Å². The standard InChI is InChI=1S/C33H29N3Si2/c1-37(2,3)20-14-15-24-27(16-20)36-28-17-26-22-11-8-9-13-29(22)38(4,5)30(26)18-25(28)21-10-6-7-12-23(21)31-33(36)32(24)35-19-34-31/h6-19H,1-5H3. The van der Waals surface area contributed by atoms with Crippen molar-refractivity contribution < 1.29 is 0 Å². The summed E-state index contributed by atoms with van der Waals surface area (Å²) >= 11 is 0. The van der Waals surface area contributed by atoms with Gasteiger partial charge in [0, 0.05) is 16.5 Å². The molecule has 4 heterocycles. The average molecular weight is 524 g/mol. The maximum atomic E-state index is 4.92. The Morgan fingerprint density at radius 2 is 1.42 bits per heavy atom. The van der Waals surface area contributed by atoms with Crippen molar-refractivity contribution in [2.75, 3.05) is 0 Å². The largest absolute Gasteiger partial charge is 0.305 e. The number of hydrogen-bond donors (Lipinski definition) is 0. The lowest BCUT2D eigenvalue weighted by molar-refractivity contribution is 1.16. The average Bonchev–Trinajstić information content (AvgIpc) is 3.31. The Hall–Kier alpha value is -3.81. The molecule has 0 bridgehead atoms. The number of aromatic nitrogens is 3. The van der Waals surface area contributed by atoms with E-state index in [1.807, 2.05) is 0 Å². The first kappa shape index (κ1) is 22.2. The molecule has 2 aliphatic rings. The fourth-order valence-electron chi connectivity index (χ4n) is 6.80. The first-order valence-electron chi connectivity index (χ1n) is 13.4. The molecule has 0 radical (unpaired) electrons. The van der Waals surface area contributed by atoms with Gasteiger partial charge in [0.25, 0.3) is 0 Å². The van der Waals surface area contributed by atoms with Crippen molar-refractivity contribution in [1.29, 1.82) is 0 Å². The predicted octanol–water partition coefficient (Wildman–Crippen LogP) is 6.57. The third-order valence-electron chi connectivity index (χ3n) is 8.82. The fraction of sp³-hybridized carbons (Fsp3) is 0.152. The number of rotatable bonds is 1. The van der Waals surface area contributed by atoms with Crippen LogP contribution in [0.3, 0.4) is 0 Å². The first-order valence-corrected chi connectivity index (χ1v) is 19.9. The summed E-state index contributed by atoms with van der Waals surface area (Å²) in [6.45, 7) is 12.3. The lowest BCUT2D eigenvalue weighted by Gasteiger charge is -2.22. The molecule has 8 rings (SSSR count). The molecule has 2 aliphatic heterocycles. The fourth-order valence-corrected chi connectivity index (χ4v) is 11.0. The molecule has 0 spiro atoms. The summed E-state index contributed by atoms with van der Waals surface area (Å²) in [7, 11) is -3.35. The van der Waals surface area contributed by atoms with Crippen molar-refractivity contribution in [3.8, 4) is 39.2 Å². The molecule has 4 aromatic carbocycles. The van der Waals surface area contributed by atoms with Gasteiger partial charge in [-0.15, -0.1) is 0 Å². The van der Waals surface area contributed by atoms with Crippen LogP contribution in [0.15, 0.2) is 85.2 Å². The SMILES string of the molecule is C[Si](C)(C)c1ccc2c3ncnc4c3n(c2c1)-c1cc2c(cc1-c1ccccc1-4)[Si](C)(C)c1ccccc1-2. The van der Waals surface area contributed by atoms with Crippen LogP contribution < -0.4 is 15.6 Å². The molecule has 0 saturated heterocycles. The molecule has 184 valence electrons. The minimum atomic E-state index is -1.82. The van der Waals surface area contributed by atoms with Crippen molar-refractivity contribution in [2.24, 2.45) is 0 Å². The van der Waals surface area contributed by atoms with E-state index in [0.29, 0.717) is 0 Å². The minimum Gasteiger partial charge on any atom is -0.305 e. The maximum Gasteiger partial charge on any atom is 0.116 e. The Morgan fingerprint density at radius 1 is 0.684 bits per heavy atom. The molecule has 0 amide bonds. The quantitative estimate of drug-likeness (QED) is 0.228. The molecule has 0 fully saturated rings. The molecule has 2 aromatic heterocycles. The first-order chi connectivity index (χ1) is 18.2. The van der Waals surface area contributed by atoms with Crippen molar-refractivity contribution >= 4 is 53.6 Å². The summed E-state index contributed by atoms with van der Waals surface area (Å²) in [6, 6.07) is 29.9. The summed E-state index contributed by atoms with van der Waals surface area (Å²) in [5.41, 5.74) is 12.2. The second-order valence-corrected chi connectivity index (χ2v) is 21.8. The number of hydrogen-bond acceptors (Lipinski definition) is 2. The van der Waals surface area contributed by atoms with Gasteiger partial charge in [-0.1, -0.05) is 105 Å². The van der Waals surface area contributed by atoms with Gasteiger partial charge in [-0.3, -0.25) is 0 Å². The number of fused-ring (bicyclic) bond motifs is 11. The van der Waals surface area contributed by atoms with Crippen LogP contribution >= 0.6 is 0 Å². The molecule has 0 unspecified atom stereocenters. The molecule has 5 heteroatoms. The molecule has 38 heavy (non-hydrogen) atoms. The number of nitrogens with zero attached hydrogens (tertiary/aromatic N) is 3. The highest BCUT2D eigenvalue weighted by molar-refractivity contribution is 7.03. The van der Waals surface area contributed by atoms with Crippen molar-refractivity contribution in [3.05, 3.63) is 85.2 Å². The number of benzene rings is 4. The zero-order valence-electron chi connectivity index (χ0n) is 22.4. The summed E-state index contributed by atoms with van der Waals surface area (Å²) in [4.78, 5) is 9.79. The lowest BCUT2D eigenvalue weighted by Crippen LogP contribution is -2.49. The van der Waals surface area contributed by atoms with Crippen LogP contribution in [-0.2, 0) is 0 Å². The van der Waals surface area contributed by atoms with E-state index in [2.05, 4.69) is 116 Å². The third-order valence-corrected chi connectivity index (χ3v) is 14.4. The predicted molar refractivity (Wildman–Crippen MR) is 166 cm³/mol. The lowest BCUT2D eigenvalue weighted by atomic mass is 9.94. The molecule has 0 aliphatic carbocycles. The van der Waals surface area contributed by atoms with Gasteiger partial charge < -0.3 is 4.57 Å². The van der Waals surface area contributed by atoms with Crippen LogP contribution in [0.1, 0.15) is 0 Å². The maximum absolute atomic E-state index is 4.92. The van der Waals surface area contributed by atoms with E-state index in [-0.39, 0.29) is 0 Å². The van der Waals surface area contributed by atoms with Gasteiger partial charge in [-0.05, 0) is 39.2 Å². The van der Waals surface area contributed by atoms with E-state index < -0.39 is 16.1 Å². The molecule has 0 saturated carbocycles. The van der Waals surface area contributed by atoms with Crippen molar-refractivity contribution in [3.63, 3.8) is 0 Å². The minimum absolute atomic E-state index is 1.02. The van der Waals surface area contributed by atoms with E-state index in [4.69, 9.17) is 9.97 Å². The van der Waals surface area contributed by atoms with Gasteiger partial charge in [-0.25, -0.2) is 9.97 Å². The van der Waals surface area contributed by atoms with E-state index >= 15 is 0 Å². The molecular formula is C33H29N3Si2. The van der Waals surface area contributed by atoms with Crippen LogP contribution in [-0.4, -0.2) is 30.7 Å². The molecule has 0 atom stereocenters. The summed E-state index contributed by atoms with van der Waals surface area (Å²) in [5.74, 6) is 0. The van der Waals surface area contributed by atoms with E-state index in [1.54, 1.807) is 6.33 Å². The Kier molecular flexibility index (Phi) is 4.20. The molecule has 0 N–H and O–H groups in total. The Morgan fingerprint density at radius 3 is 2.21 bits per heavy atom. The summed E-state index contributed by atoms with van der Waals surface area (Å²) < 4.78 is 2.48. The highest BCUT2D eigenvalue weighted by atomic mass is 28.3. The van der Waals surface area contributed by atoms with Gasteiger partial charge in [0.1, 0.15) is 19.9 Å². The highest BCUT2D eigenvalue weighted by Gasteiger charge is 2.39. The zero-order valence-corrected chi connectivity index (χ0v) is 24.4. The second-order valence-electron chi connectivity index (χ2n) is 12.4. The van der Waals surface area contributed by atoms with E-state index in [9.17, 15) is 0 Å². The monoisotopic (exact) mass is 523 g/mol. The molecule has 3 nitrogen and oxygen atoms in total. The Labute approximate surface area is 224 Å². The smallest absolute Gasteiger partial charge is 0.116 e. The van der Waals surface area contributed by atoms with Gasteiger partial charge in [0.15, 0.2) is 0 Å². The molecular weight excluding hydrogens is 495 g/mol. The van der Waals surface area contributed by atoms with Crippen LogP contribution in [0.2, 0.25) is 32.7 Å². The van der Waals surface area contributed by atoms with E-state index in [1.165, 1.54) is 60.0 Å². The van der Waals surface area contributed by atoms with Gasteiger partial charge in [0.05, 0.1) is 30.5 Å². The Balaban J connectivity index is 1.60. The van der Waals surface area contributed by atoms with Gasteiger partial charge >= 0.3 is 0 Å². The topological polar surface area (TPSA) is 30.7 Å². The second kappa shape index (κ2) is 7.19. The Bertz CT molecular complexity index is 1990. The molecule has 6 aromatic rings. The van der Waals surface area contributed by atoms with Crippen molar-refractivity contribution in [1.82, 2.24) is 14.5 Å². The third kappa shape index (κ3) is 2.73. The van der Waals surface area contributed by atoms with Crippen LogP contribution in [0.25, 0.3) is 61.1 Å². The van der Waals surface area contributed by atoms with Gasteiger partial charge in [0.2, 0.25) is 0 Å². The summed E-state index contributed by atoms with van der Waals surface area (Å²) in [5, 5.41) is 5.73. The van der Waals surface area contributed by atoms with Crippen molar-refractivity contribution in [2.45, 2.75) is 32.7 Å². The van der Waals surface area contributed by atoms with Crippen LogP contribution in [0, 0.1) is 0 Å². The highest BCUT2D eigenvalue weighted by Crippen LogP contribution is 2.46. The normalized spacial score (nSPS) is 14.7.